The van der Waals surface area contributed by atoms with Crippen LogP contribution in [0, 0.1) is 5.41 Å². The van der Waals surface area contributed by atoms with Crippen LogP contribution in [0.5, 0.6) is 0 Å². The van der Waals surface area contributed by atoms with Crippen molar-refractivity contribution in [3.8, 4) is 0 Å². The summed E-state index contributed by atoms with van der Waals surface area (Å²) >= 11 is 0. The molecule has 0 atom stereocenters. The first-order valence-corrected chi connectivity index (χ1v) is 4.71. The lowest BCUT2D eigenvalue weighted by molar-refractivity contribution is -0.170. The number of carbonyl (C=O) groups is 1. The third-order valence-corrected chi connectivity index (χ3v) is 2.35. The summed E-state index contributed by atoms with van der Waals surface area (Å²) in [7, 11) is 1.62. The van der Waals surface area contributed by atoms with E-state index in [0.717, 1.165) is 6.42 Å². The first kappa shape index (κ1) is 11.4. The maximum atomic E-state index is 11.5. The van der Waals surface area contributed by atoms with Crippen LogP contribution in [-0.4, -0.2) is 51.1 Å². The van der Waals surface area contributed by atoms with E-state index in [1.54, 1.807) is 7.11 Å². The third-order valence-electron chi connectivity index (χ3n) is 2.35. The molecule has 1 aliphatic heterocycles. The van der Waals surface area contributed by atoms with Crippen LogP contribution in [0.15, 0.2) is 0 Å². The van der Waals surface area contributed by atoms with E-state index in [4.69, 9.17) is 14.6 Å². The van der Waals surface area contributed by atoms with Gasteiger partial charge in [0.15, 0.2) is 0 Å². The van der Waals surface area contributed by atoms with Gasteiger partial charge in [-0.3, -0.25) is 4.79 Å². The molecule has 0 aromatic carbocycles. The molecular weight excluding hydrogens is 186 g/mol. The van der Waals surface area contributed by atoms with Gasteiger partial charge in [0.1, 0.15) is 5.41 Å². The molecule has 1 aliphatic rings. The van der Waals surface area contributed by atoms with Gasteiger partial charge >= 0.3 is 0 Å². The summed E-state index contributed by atoms with van der Waals surface area (Å²) in [5.74, 6) is -0.123. The van der Waals surface area contributed by atoms with E-state index < -0.39 is 5.41 Å². The van der Waals surface area contributed by atoms with Gasteiger partial charge in [0.25, 0.3) is 0 Å². The molecule has 0 aromatic heterocycles. The molecule has 0 saturated carbocycles. The highest BCUT2D eigenvalue weighted by Crippen LogP contribution is 2.26. The summed E-state index contributed by atoms with van der Waals surface area (Å²) in [6.45, 7) is 1.69. The van der Waals surface area contributed by atoms with Crippen molar-refractivity contribution < 1.29 is 19.4 Å². The highest BCUT2D eigenvalue weighted by atomic mass is 16.5. The predicted octanol–water partition coefficient (Wildman–Crippen LogP) is -0.852. The molecule has 1 saturated heterocycles. The number of carbonyl (C=O) groups excluding carboxylic acids is 1. The second-order valence-electron chi connectivity index (χ2n) is 3.53. The van der Waals surface area contributed by atoms with Crippen molar-refractivity contribution in [2.75, 3.05) is 40.1 Å². The Bertz CT molecular complexity index is 186. The highest BCUT2D eigenvalue weighted by molar-refractivity contribution is 5.83. The Labute approximate surface area is 83.4 Å². The summed E-state index contributed by atoms with van der Waals surface area (Å²) in [4.78, 5) is 11.5. The monoisotopic (exact) mass is 203 g/mol. The molecule has 2 N–H and O–H groups in total. The van der Waals surface area contributed by atoms with Crippen LogP contribution in [0.3, 0.4) is 0 Å². The van der Waals surface area contributed by atoms with Gasteiger partial charge in [-0.05, 0) is 6.42 Å². The number of aliphatic hydroxyl groups is 1. The van der Waals surface area contributed by atoms with Crippen molar-refractivity contribution in [1.29, 1.82) is 0 Å². The smallest absolute Gasteiger partial charge is 0.233 e. The normalized spacial score (nSPS) is 18.7. The van der Waals surface area contributed by atoms with Gasteiger partial charge in [-0.25, -0.2) is 0 Å². The summed E-state index contributed by atoms with van der Waals surface area (Å²) in [6.07, 6.45) is 0.782. The van der Waals surface area contributed by atoms with E-state index in [2.05, 4.69) is 5.32 Å². The quantitative estimate of drug-likeness (QED) is 0.552. The average Bonchev–Trinajstić information content (AvgIpc) is 2.12. The fourth-order valence-corrected chi connectivity index (χ4v) is 1.25. The maximum absolute atomic E-state index is 11.5. The topological polar surface area (TPSA) is 67.8 Å². The van der Waals surface area contributed by atoms with E-state index in [1.807, 2.05) is 0 Å². The number of methoxy groups -OCH3 is 1. The molecule has 1 amide bonds. The minimum atomic E-state index is -0.687. The standard InChI is InChI=1S/C9H17NO4/c1-13-4-2-3-10-8(12)9(5-11)6-14-7-9/h11H,2-7H2,1H3,(H,10,12). The van der Waals surface area contributed by atoms with E-state index in [0.29, 0.717) is 26.4 Å². The van der Waals surface area contributed by atoms with Crippen molar-refractivity contribution in [2.45, 2.75) is 6.42 Å². The third kappa shape index (κ3) is 2.43. The minimum Gasteiger partial charge on any atom is -0.395 e. The molecule has 1 fully saturated rings. The number of amides is 1. The molecule has 1 heterocycles. The van der Waals surface area contributed by atoms with Crippen LogP contribution in [-0.2, 0) is 14.3 Å². The zero-order valence-electron chi connectivity index (χ0n) is 8.41. The summed E-state index contributed by atoms with van der Waals surface area (Å²) in [5, 5.41) is 11.8. The van der Waals surface area contributed by atoms with Gasteiger partial charge < -0.3 is 19.9 Å². The lowest BCUT2D eigenvalue weighted by atomic mass is 9.86. The Hall–Kier alpha value is -0.650. The van der Waals surface area contributed by atoms with Crippen molar-refractivity contribution in [3.05, 3.63) is 0 Å². The van der Waals surface area contributed by atoms with Crippen LogP contribution in [0.1, 0.15) is 6.42 Å². The van der Waals surface area contributed by atoms with Gasteiger partial charge in [-0.1, -0.05) is 0 Å². The molecule has 0 unspecified atom stereocenters. The van der Waals surface area contributed by atoms with E-state index in [1.165, 1.54) is 0 Å². The number of ether oxygens (including phenoxy) is 2. The van der Waals surface area contributed by atoms with Crippen LogP contribution in [0.25, 0.3) is 0 Å². The minimum absolute atomic E-state index is 0.123. The SMILES string of the molecule is COCCCNC(=O)C1(CO)COC1. The molecular formula is C9H17NO4. The van der Waals surface area contributed by atoms with Crippen molar-refractivity contribution in [1.82, 2.24) is 5.32 Å². The van der Waals surface area contributed by atoms with E-state index in [-0.39, 0.29) is 12.5 Å². The van der Waals surface area contributed by atoms with E-state index in [9.17, 15) is 4.79 Å². The maximum Gasteiger partial charge on any atom is 0.233 e. The lowest BCUT2D eigenvalue weighted by Crippen LogP contribution is -2.56. The molecule has 82 valence electrons. The van der Waals surface area contributed by atoms with Gasteiger partial charge in [-0.15, -0.1) is 0 Å². The lowest BCUT2D eigenvalue weighted by Gasteiger charge is -2.38. The number of hydrogen-bond acceptors (Lipinski definition) is 4. The number of nitrogens with one attached hydrogen (secondary N) is 1. The largest absolute Gasteiger partial charge is 0.395 e. The second kappa shape index (κ2) is 5.29. The van der Waals surface area contributed by atoms with Crippen molar-refractivity contribution >= 4 is 5.91 Å². The van der Waals surface area contributed by atoms with Gasteiger partial charge in [0, 0.05) is 20.3 Å². The number of rotatable bonds is 6. The van der Waals surface area contributed by atoms with Gasteiger partial charge in [-0.2, -0.15) is 0 Å². The van der Waals surface area contributed by atoms with Gasteiger partial charge in [0.05, 0.1) is 19.8 Å². The fraction of sp³-hybridized carbons (Fsp3) is 0.889. The van der Waals surface area contributed by atoms with Crippen molar-refractivity contribution in [2.24, 2.45) is 5.41 Å². The molecule has 14 heavy (non-hydrogen) atoms. The first-order valence-electron chi connectivity index (χ1n) is 4.71. The van der Waals surface area contributed by atoms with Crippen LogP contribution in [0.4, 0.5) is 0 Å². The second-order valence-corrected chi connectivity index (χ2v) is 3.53. The Balaban J connectivity index is 2.20. The Morgan fingerprint density at radius 1 is 1.64 bits per heavy atom. The van der Waals surface area contributed by atoms with Crippen LogP contribution < -0.4 is 5.32 Å². The van der Waals surface area contributed by atoms with Crippen LogP contribution in [0.2, 0.25) is 0 Å². The Morgan fingerprint density at radius 2 is 2.36 bits per heavy atom. The molecule has 0 spiro atoms. The fourth-order valence-electron chi connectivity index (χ4n) is 1.25. The summed E-state index contributed by atoms with van der Waals surface area (Å²) < 4.78 is 9.78. The Morgan fingerprint density at radius 3 is 2.79 bits per heavy atom. The molecule has 0 aliphatic carbocycles. The van der Waals surface area contributed by atoms with Crippen molar-refractivity contribution in [3.63, 3.8) is 0 Å². The average molecular weight is 203 g/mol. The summed E-state index contributed by atoms with van der Waals surface area (Å²) in [5.41, 5.74) is -0.687. The molecule has 5 heteroatoms. The highest BCUT2D eigenvalue weighted by Gasteiger charge is 2.45. The molecule has 0 radical (unpaired) electrons. The number of hydrogen-bond donors (Lipinski definition) is 2. The predicted molar refractivity (Wildman–Crippen MR) is 49.8 cm³/mol. The van der Waals surface area contributed by atoms with Gasteiger partial charge in [0.2, 0.25) is 5.91 Å². The zero-order chi connectivity index (χ0) is 10.4. The van der Waals surface area contributed by atoms with E-state index >= 15 is 0 Å². The molecule has 5 nitrogen and oxygen atoms in total. The first-order chi connectivity index (χ1) is 6.75. The zero-order valence-corrected chi connectivity index (χ0v) is 8.41. The summed E-state index contributed by atoms with van der Waals surface area (Å²) in [6, 6.07) is 0. The molecule has 0 bridgehead atoms. The molecule has 1 rings (SSSR count). The van der Waals surface area contributed by atoms with Crippen LogP contribution >= 0.6 is 0 Å². The molecule has 0 aromatic rings. The Kier molecular flexibility index (Phi) is 4.31. The number of aliphatic hydroxyl groups excluding tert-OH is 1.